The van der Waals surface area contributed by atoms with Gasteiger partial charge >= 0.3 is 0 Å². The van der Waals surface area contributed by atoms with Crippen LogP contribution in [0.5, 0.6) is 0 Å². The van der Waals surface area contributed by atoms with Gasteiger partial charge in [0, 0.05) is 12.4 Å². The van der Waals surface area contributed by atoms with Gasteiger partial charge < -0.3 is 9.53 Å². The van der Waals surface area contributed by atoms with Gasteiger partial charge in [0.25, 0.3) is 0 Å². The molecule has 0 N–H and O–H groups in total. The second-order valence-corrected chi connectivity index (χ2v) is 3.71. The number of aldehydes is 1. The van der Waals surface area contributed by atoms with Gasteiger partial charge in [-0.2, -0.15) is 11.8 Å². The number of rotatable bonds is 8. The van der Waals surface area contributed by atoms with Crippen LogP contribution in [0, 0.1) is 0 Å². The molecule has 12 heavy (non-hydrogen) atoms. The number of hydrogen-bond acceptors (Lipinski definition) is 3. The van der Waals surface area contributed by atoms with E-state index in [0.29, 0.717) is 6.61 Å². The molecule has 3 heteroatoms. The zero-order chi connectivity index (χ0) is 9.23. The molecule has 0 radical (unpaired) electrons. The first-order valence-corrected chi connectivity index (χ1v) is 5.65. The molecule has 0 aromatic carbocycles. The van der Waals surface area contributed by atoms with Crippen LogP contribution in [-0.2, 0) is 9.53 Å². The van der Waals surface area contributed by atoms with E-state index in [1.807, 2.05) is 6.92 Å². The van der Waals surface area contributed by atoms with Crippen LogP contribution in [0.2, 0.25) is 0 Å². The molecular weight excluding hydrogens is 172 g/mol. The van der Waals surface area contributed by atoms with E-state index in [2.05, 4.69) is 6.92 Å². The number of carbonyl (C=O) groups excluding carboxylic acids is 1. The van der Waals surface area contributed by atoms with Crippen LogP contribution < -0.4 is 0 Å². The highest BCUT2D eigenvalue weighted by atomic mass is 32.2. The molecule has 0 spiro atoms. The fourth-order valence-corrected chi connectivity index (χ4v) is 1.85. The Hall–Kier alpha value is -0.0200. The van der Waals surface area contributed by atoms with Gasteiger partial charge in [-0.05, 0) is 19.1 Å². The highest BCUT2D eigenvalue weighted by molar-refractivity contribution is 7.99. The smallest absolute Gasteiger partial charge is 0.149 e. The molecule has 0 bridgehead atoms. The molecule has 0 aromatic rings. The molecule has 0 saturated carbocycles. The highest BCUT2D eigenvalue weighted by Crippen LogP contribution is 2.07. The standard InChI is InChI=1S/C9H18O2S/c1-3-5-6-12-8-9(7-10)11-4-2/h7,9H,3-6,8H2,1-2H3. The van der Waals surface area contributed by atoms with Crippen LogP contribution in [0.25, 0.3) is 0 Å². The molecule has 1 atom stereocenters. The molecule has 0 rings (SSSR count). The summed E-state index contributed by atoms with van der Waals surface area (Å²) in [5.74, 6) is 1.94. The fraction of sp³-hybridized carbons (Fsp3) is 0.889. The Morgan fingerprint density at radius 3 is 2.75 bits per heavy atom. The van der Waals surface area contributed by atoms with Crippen molar-refractivity contribution < 1.29 is 9.53 Å². The Morgan fingerprint density at radius 2 is 2.25 bits per heavy atom. The SMILES string of the molecule is CCCCSCC(C=O)OCC. The quantitative estimate of drug-likeness (QED) is 0.433. The molecule has 72 valence electrons. The molecule has 0 aliphatic carbocycles. The molecule has 0 saturated heterocycles. The average Bonchev–Trinajstić information content (AvgIpc) is 2.10. The van der Waals surface area contributed by atoms with Gasteiger partial charge in [-0.25, -0.2) is 0 Å². The van der Waals surface area contributed by atoms with E-state index in [0.717, 1.165) is 17.8 Å². The first kappa shape index (κ1) is 12.0. The van der Waals surface area contributed by atoms with Crippen molar-refractivity contribution in [2.24, 2.45) is 0 Å². The summed E-state index contributed by atoms with van der Waals surface area (Å²) < 4.78 is 5.18. The van der Waals surface area contributed by atoms with Gasteiger partial charge in [0.2, 0.25) is 0 Å². The zero-order valence-corrected chi connectivity index (χ0v) is 8.73. The van der Waals surface area contributed by atoms with Crippen LogP contribution in [0.4, 0.5) is 0 Å². The molecular formula is C9H18O2S. The molecule has 0 fully saturated rings. The van der Waals surface area contributed by atoms with Gasteiger partial charge in [0.15, 0.2) is 0 Å². The minimum atomic E-state index is -0.197. The summed E-state index contributed by atoms with van der Waals surface area (Å²) in [5, 5.41) is 0. The van der Waals surface area contributed by atoms with Crippen molar-refractivity contribution in [3.05, 3.63) is 0 Å². The predicted molar refractivity (Wildman–Crippen MR) is 53.7 cm³/mol. The third-order valence-electron chi connectivity index (χ3n) is 1.46. The van der Waals surface area contributed by atoms with Crippen molar-refractivity contribution in [2.75, 3.05) is 18.1 Å². The van der Waals surface area contributed by atoms with Gasteiger partial charge in [-0.1, -0.05) is 13.3 Å². The van der Waals surface area contributed by atoms with E-state index >= 15 is 0 Å². The maximum absolute atomic E-state index is 10.4. The lowest BCUT2D eigenvalue weighted by atomic mass is 10.4. The van der Waals surface area contributed by atoms with Crippen molar-refractivity contribution in [1.82, 2.24) is 0 Å². The van der Waals surface area contributed by atoms with Crippen LogP contribution in [-0.4, -0.2) is 30.5 Å². The summed E-state index contributed by atoms with van der Waals surface area (Å²) in [6, 6.07) is 0. The van der Waals surface area contributed by atoms with Gasteiger partial charge in [-0.15, -0.1) is 0 Å². The highest BCUT2D eigenvalue weighted by Gasteiger charge is 2.05. The Morgan fingerprint density at radius 1 is 1.50 bits per heavy atom. The first-order chi connectivity index (χ1) is 5.85. The number of thioether (sulfide) groups is 1. The zero-order valence-electron chi connectivity index (χ0n) is 7.91. The summed E-state index contributed by atoms with van der Waals surface area (Å²) in [4.78, 5) is 10.4. The van der Waals surface area contributed by atoms with Crippen molar-refractivity contribution >= 4 is 18.0 Å². The predicted octanol–water partition coefficient (Wildman–Crippen LogP) is 2.12. The Bertz CT molecular complexity index is 107. The van der Waals surface area contributed by atoms with Crippen LogP contribution in [0.1, 0.15) is 26.7 Å². The molecule has 0 aromatic heterocycles. The van der Waals surface area contributed by atoms with E-state index in [-0.39, 0.29) is 6.10 Å². The maximum Gasteiger partial charge on any atom is 0.149 e. The summed E-state index contributed by atoms with van der Waals surface area (Å²) in [6.45, 7) is 4.70. The van der Waals surface area contributed by atoms with E-state index in [1.165, 1.54) is 12.8 Å². The molecule has 1 unspecified atom stereocenters. The van der Waals surface area contributed by atoms with E-state index in [4.69, 9.17) is 4.74 Å². The molecule has 0 amide bonds. The Balaban J connectivity index is 3.25. The van der Waals surface area contributed by atoms with E-state index in [9.17, 15) is 4.79 Å². The Labute approximate surface area is 79.1 Å². The van der Waals surface area contributed by atoms with Crippen LogP contribution >= 0.6 is 11.8 Å². The lowest BCUT2D eigenvalue weighted by molar-refractivity contribution is -0.116. The molecule has 0 heterocycles. The topological polar surface area (TPSA) is 26.3 Å². The first-order valence-electron chi connectivity index (χ1n) is 4.49. The largest absolute Gasteiger partial charge is 0.370 e. The third-order valence-corrected chi connectivity index (χ3v) is 2.60. The minimum absolute atomic E-state index is 0.197. The monoisotopic (exact) mass is 190 g/mol. The summed E-state index contributed by atoms with van der Waals surface area (Å²) in [7, 11) is 0. The lowest BCUT2D eigenvalue weighted by Gasteiger charge is -2.08. The number of hydrogen-bond donors (Lipinski definition) is 0. The second-order valence-electron chi connectivity index (χ2n) is 2.56. The number of carbonyl (C=O) groups is 1. The number of ether oxygens (including phenoxy) is 1. The van der Waals surface area contributed by atoms with Crippen molar-refractivity contribution in [3.63, 3.8) is 0 Å². The van der Waals surface area contributed by atoms with Crippen LogP contribution in [0.3, 0.4) is 0 Å². The Kier molecular flexibility index (Phi) is 9.06. The second kappa shape index (κ2) is 9.07. The third kappa shape index (κ3) is 6.68. The normalized spacial score (nSPS) is 12.8. The molecule has 0 aliphatic rings. The summed E-state index contributed by atoms with van der Waals surface area (Å²) in [6.07, 6.45) is 3.13. The van der Waals surface area contributed by atoms with E-state index < -0.39 is 0 Å². The van der Waals surface area contributed by atoms with Gasteiger partial charge in [-0.3, -0.25) is 0 Å². The average molecular weight is 190 g/mol. The van der Waals surface area contributed by atoms with Crippen molar-refractivity contribution in [3.8, 4) is 0 Å². The summed E-state index contributed by atoms with van der Waals surface area (Å²) in [5.41, 5.74) is 0. The summed E-state index contributed by atoms with van der Waals surface area (Å²) >= 11 is 1.79. The van der Waals surface area contributed by atoms with E-state index in [1.54, 1.807) is 11.8 Å². The van der Waals surface area contributed by atoms with Crippen molar-refractivity contribution in [2.45, 2.75) is 32.8 Å². The minimum Gasteiger partial charge on any atom is -0.370 e. The molecule has 0 aliphatic heterocycles. The lowest BCUT2D eigenvalue weighted by Crippen LogP contribution is -2.17. The number of unbranched alkanes of at least 4 members (excludes halogenated alkanes) is 1. The molecule has 2 nitrogen and oxygen atoms in total. The van der Waals surface area contributed by atoms with Gasteiger partial charge in [0.05, 0.1) is 0 Å². The van der Waals surface area contributed by atoms with Crippen LogP contribution in [0.15, 0.2) is 0 Å². The maximum atomic E-state index is 10.4. The fourth-order valence-electron chi connectivity index (χ4n) is 0.787. The van der Waals surface area contributed by atoms with Gasteiger partial charge in [0.1, 0.15) is 12.4 Å². The van der Waals surface area contributed by atoms with Crippen molar-refractivity contribution in [1.29, 1.82) is 0 Å².